The summed E-state index contributed by atoms with van der Waals surface area (Å²) >= 11 is 0. The molecule has 0 bridgehead atoms. The van der Waals surface area contributed by atoms with Crippen LogP contribution < -0.4 is 14.8 Å². The highest BCUT2D eigenvalue weighted by Gasteiger charge is 2.39. The Labute approximate surface area is 153 Å². The number of nitrogens with one attached hydrogen (secondary N) is 1. The molecule has 0 aromatic carbocycles. The molecule has 0 aliphatic rings. The largest absolute Gasteiger partial charge is 0.493 e. The average molecular weight is 368 g/mol. The van der Waals surface area contributed by atoms with Crippen LogP contribution in [0.15, 0.2) is 12.3 Å². The van der Waals surface area contributed by atoms with Crippen molar-refractivity contribution in [2.24, 2.45) is 5.41 Å². The monoisotopic (exact) mass is 368 g/mol. The van der Waals surface area contributed by atoms with E-state index in [-0.39, 0.29) is 19.4 Å². The summed E-state index contributed by atoms with van der Waals surface area (Å²) in [5.74, 6) is -0.193. The van der Waals surface area contributed by atoms with Gasteiger partial charge in [0.25, 0.3) is 0 Å². The first-order chi connectivity index (χ1) is 12.1. The standard InChI is InChI=1S/C18H28N2O6/c1-7-18(15(21)22,11-20-16(23)26-17(2,3)4)10-12-14(25-6)13(24-5)8-9-19-12/h8-9H,7,10-11H2,1-6H3,(H,20,23)(H,21,22). The van der Waals surface area contributed by atoms with E-state index in [0.717, 1.165) is 0 Å². The first-order valence-corrected chi connectivity index (χ1v) is 8.34. The minimum absolute atomic E-state index is 0.0645. The van der Waals surface area contributed by atoms with Gasteiger partial charge in [-0.15, -0.1) is 0 Å². The summed E-state index contributed by atoms with van der Waals surface area (Å²) in [6.07, 6.45) is 1.21. The van der Waals surface area contributed by atoms with Gasteiger partial charge in [-0.05, 0) is 27.2 Å². The predicted octanol–water partition coefficient (Wildman–Crippen LogP) is 2.65. The van der Waals surface area contributed by atoms with Gasteiger partial charge in [0.15, 0.2) is 11.5 Å². The van der Waals surface area contributed by atoms with Crippen molar-refractivity contribution >= 4 is 12.1 Å². The number of carboxylic acid groups (broad SMARTS) is 1. The Kier molecular flexibility index (Phi) is 7.23. The minimum atomic E-state index is -1.26. The second-order valence-corrected chi connectivity index (χ2v) is 6.96. The van der Waals surface area contributed by atoms with Gasteiger partial charge in [-0.25, -0.2) is 4.79 Å². The van der Waals surface area contributed by atoms with E-state index in [1.54, 1.807) is 33.8 Å². The van der Waals surface area contributed by atoms with Gasteiger partial charge in [0.05, 0.1) is 25.3 Å². The Morgan fingerprint density at radius 1 is 1.23 bits per heavy atom. The maximum atomic E-state index is 12.0. The number of nitrogens with zero attached hydrogens (tertiary/aromatic N) is 1. The lowest BCUT2D eigenvalue weighted by atomic mass is 9.80. The second-order valence-electron chi connectivity index (χ2n) is 6.96. The van der Waals surface area contributed by atoms with Gasteiger partial charge in [0, 0.05) is 25.2 Å². The van der Waals surface area contributed by atoms with E-state index in [1.165, 1.54) is 20.4 Å². The predicted molar refractivity (Wildman–Crippen MR) is 95.6 cm³/mol. The quantitative estimate of drug-likeness (QED) is 0.726. The fraction of sp³-hybridized carbons (Fsp3) is 0.611. The lowest BCUT2D eigenvalue weighted by Crippen LogP contribution is -2.45. The number of aliphatic carboxylic acids is 1. The number of amides is 1. The number of carbonyl (C=O) groups is 2. The van der Waals surface area contributed by atoms with Crippen LogP contribution in [0.5, 0.6) is 11.5 Å². The number of alkyl carbamates (subject to hydrolysis) is 1. The maximum Gasteiger partial charge on any atom is 0.407 e. The van der Waals surface area contributed by atoms with Crippen LogP contribution in [-0.2, 0) is 16.0 Å². The fourth-order valence-electron chi connectivity index (χ4n) is 2.47. The molecule has 8 heteroatoms. The molecule has 8 nitrogen and oxygen atoms in total. The molecule has 0 spiro atoms. The van der Waals surface area contributed by atoms with Crippen molar-refractivity contribution in [2.75, 3.05) is 20.8 Å². The number of methoxy groups -OCH3 is 2. The zero-order valence-corrected chi connectivity index (χ0v) is 16.2. The summed E-state index contributed by atoms with van der Waals surface area (Å²) in [5, 5.41) is 12.4. The number of hydrogen-bond acceptors (Lipinski definition) is 6. The molecule has 26 heavy (non-hydrogen) atoms. The summed E-state index contributed by atoms with van der Waals surface area (Å²) < 4.78 is 15.8. The summed E-state index contributed by atoms with van der Waals surface area (Å²) in [6.45, 7) is 6.86. The van der Waals surface area contributed by atoms with Crippen LogP contribution in [0.25, 0.3) is 0 Å². The van der Waals surface area contributed by atoms with Crippen molar-refractivity contribution in [1.82, 2.24) is 10.3 Å². The van der Waals surface area contributed by atoms with Crippen molar-refractivity contribution in [3.8, 4) is 11.5 Å². The van der Waals surface area contributed by atoms with Gasteiger partial charge in [0.2, 0.25) is 0 Å². The van der Waals surface area contributed by atoms with E-state index >= 15 is 0 Å². The molecule has 1 amide bonds. The van der Waals surface area contributed by atoms with Crippen LogP contribution in [0.4, 0.5) is 4.79 Å². The Balaban J connectivity index is 3.07. The van der Waals surface area contributed by atoms with E-state index in [1.807, 2.05) is 0 Å². The Morgan fingerprint density at radius 2 is 1.88 bits per heavy atom. The highest BCUT2D eigenvalue weighted by Crippen LogP contribution is 2.35. The van der Waals surface area contributed by atoms with Crippen LogP contribution in [-0.4, -0.2) is 48.5 Å². The number of aromatic nitrogens is 1. The topological polar surface area (TPSA) is 107 Å². The minimum Gasteiger partial charge on any atom is -0.493 e. The lowest BCUT2D eigenvalue weighted by Gasteiger charge is -2.29. The summed E-state index contributed by atoms with van der Waals surface area (Å²) in [4.78, 5) is 28.2. The third kappa shape index (κ3) is 5.50. The number of carbonyl (C=O) groups excluding carboxylic acids is 1. The number of hydrogen-bond donors (Lipinski definition) is 2. The van der Waals surface area contributed by atoms with E-state index in [4.69, 9.17) is 14.2 Å². The zero-order valence-electron chi connectivity index (χ0n) is 16.2. The van der Waals surface area contributed by atoms with Gasteiger partial charge in [0.1, 0.15) is 5.60 Å². The van der Waals surface area contributed by atoms with Crippen molar-refractivity contribution in [2.45, 2.75) is 46.1 Å². The van der Waals surface area contributed by atoms with Crippen molar-refractivity contribution in [3.05, 3.63) is 18.0 Å². The first-order valence-electron chi connectivity index (χ1n) is 8.34. The highest BCUT2D eigenvalue weighted by molar-refractivity contribution is 5.77. The van der Waals surface area contributed by atoms with Gasteiger partial charge >= 0.3 is 12.1 Å². The van der Waals surface area contributed by atoms with E-state index in [2.05, 4.69) is 10.3 Å². The number of pyridine rings is 1. The molecule has 0 saturated heterocycles. The SMILES string of the molecule is CCC(CNC(=O)OC(C)(C)C)(Cc1nccc(OC)c1OC)C(=O)O. The van der Waals surface area contributed by atoms with Gasteiger partial charge in [-0.1, -0.05) is 6.92 Å². The van der Waals surface area contributed by atoms with Crippen LogP contribution in [0.1, 0.15) is 39.8 Å². The van der Waals surface area contributed by atoms with Crippen LogP contribution in [0.2, 0.25) is 0 Å². The molecule has 1 atom stereocenters. The molecule has 0 saturated carbocycles. The average Bonchev–Trinajstić information content (AvgIpc) is 2.56. The fourth-order valence-corrected chi connectivity index (χ4v) is 2.47. The molecule has 1 heterocycles. The molecular formula is C18H28N2O6. The molecular weight excluding hydrogens is 340 g/mol. The third-order valence-electron chi connectivity index (χ3n) is 3.97. The molecule has 1 aromatic heterocycles. The Bertz CT molecular complexity index is 641. The molecule has 1 rings (SSSR count). The summed E-state index contributed by atoms with van der Waals surface area (Å²) in [7, 11) is 2.96. The normalized spacial score (nSPS) is 13.5. The third-order valence-corrected chi connectivity index (χ3v) is 3.97. The maximum absolute atomic E-state index is 12.0. The number of carboxylic acids is 1. The van der Waals surface area contributed by atoms with Crippen molar-refractivity contribution in [3.63, 3.8) is 0 Å². The van der Waals surface area contributed by atoms with E-state index < -0.39 is 23.1 Å². The smallest absolute Gasteiger partial charge is 0.407 e. The van der Waals surface area contributed by atoms with E-state index in [9.17, 15) is 14.7 Å². The van der Waals surface area contributed by atoms with Crippen LogP contribution in [0, 0.1) is 5.41 Å². The molecule has 0 aliphatic carbocycles. The van der Waals surface area contributed by atoms with Gasteiger partial charge < -0.3 is 24.6 Å². The van der Waals surface area contributed by atoms with Crippen LogP contribution >= 0.6 is 0 Å². The molecule has 1 unspecified atom stereocenters. The molecule has 0 aliphatic heterocycles. The second kappa shape index (κ2) is 8.73. The highest BCUT2D eigenvalue weighted by atomic mass is 16.6. The van der Waals surface area contributed by atoms with Crippen LogP contribution in [0.3, 0.4) is 0 Å². The molecule has 0 fully saturated rings. The molecule has 146 valence electrons. The number of ether oxygens (including phenoxy) is 3. The molecule has 2 N–H and O–H groups in total. The Hall–Kier alpha value is -2.51. The lowest BCUT2D eigenvalue weighted by molar-refractivity contribution is -0.149. The van der Waals surface area contributed by atoms with Crippen molar-refractivity contribution < 1.29 is 28.9 Å². The Morgan fingerprint density at radius 3 is 2.35 bits per heavy atom. The number of rotatable bonds is 8. The van der Waals surface area contributed by atoms with Gasteiger partial charge in [-0.3, -0.25) is 9.78 Å². The zero-order chi connectivity index (χ0) is 20.0. The summed E-state index contributed by atoms with van der Waals surface area (Å²) in [6, 6.07) is 1.63. The van der Waals surface area contributed by atoms with E-state index in [0.29, 0.717) is 17.2 Å². The molecule has 1 aromatic rings. The van der Waals surface area contributed by atoms with Crippen molar-refractivity contribution in [1.29, 1.82) is 0 Å². The summed E-state index contributed by atoms with van der Waals surface area (Å²) in [5.41, 5.74) is -1.48. The molecule has 0 radical (unpaired) electrons. The first kappa shape index (κ1) is 21.5. The van der Waals surface area contributed by atoms with Gasteiger partial charge in [-0.2, -0.15) is 0 Å².